The number of carbonyl (C=O) groups is 2. The molecule has 2 amide bonds. The number of amides is 2. The predicted molar refractivity (Wildman–Crippen MR) is 163 cm³/mol. The van der Waals surface area contributed by atoms with Crippen LogP contribution in [0.5, 0.6) is 0 Å². The van der Waals surface area contributed by atoms with Crippen LogP contribution in [0.2, 0.25) is 5.02 Å². The van der Waals surface area contributed by atoms with Crippen molar-refractivity contribution in [2.75, 3.05) is 0 Å². The number of tetrazole rings is 1. The second-order valence-electron chi connectivity index (χ2n) is 12.7. The number of nitrogens with zero attached hydrogens (tertiary/aromatic N) is 5. The van der Waals surface area contributed by atoms with E-state index in [9.17, 15) is 9.59 Å². The Morgan fingerprint density at radius 3 is 2.48 bits per heavy atom. The van der Waals surface area contributed by atoms with Crippen LogP contribution in [0.1, 0.15) is 105 Å². The van der Waals surface area contributed by atoms with Crippen LogP contribution in [0.3, 0.4) is 0 Å². The van der Waals surface area contributed by atoms with Gasteiger partial charge in [0.25, 0.3) is 11.8 Å². The molecule has 1 fully saturated rings. The lowest BCUT2D eigenvalue weighted by molar-refractivity contribution is -0.133. The molecule has 222 valence electrons. The third kappa shape index (κ3) is 6.11. The molecule has 9 nitrogen and oxygen atoms in total. The van der Waals surface area contributed by atoms with E-state index in [1.807, 2.05) is 49.4 Å². The van der Waals surface area contributed by atoms with Crippen molar-refractivity contribution in [3.8, 4) is 0 Å². The Balaban J connectivity index is 1.47. The van der Waals surface area contributed by atoms with Crippen molar-refractivity contribution in [2.24, 2.45) is 16.3 Å². The average molecular weight is 590 g/mol. The van der Waals surface area contributed by atoms with Gasteiger partial charge in [-0.15, -0.1) is 10.2 Å². The third-order valence-corrected chi connectivity index (χ3v) is 8.96. The van der Waals surface area contributed by atoms with E-state index in [0.29, 0.717) is 28.0 Å². The molecule has 0 radical (unpaired) electrons. The highest BCUT2D eigenvalue weighted by molar-refractivity contribution is 6.47. The van der Waals surface area contributed by atoms with E-state index >= 15 is 0 Å². The number of benzene rings is 2. The Morgan fingerprint density at radius 1 is 1.17 bits per heavy atom. The highest BCUT2D eigenvalue weighted by atomic mass is 35.5. The Morgan fingerprint density at radius 2 is 1.88 bits per heavy atom. The maximum Gasteiger partial charge on any atom is 0.275 e. The average Bonchev–Trinajstić information content (AvgIpc) is 3.56. The molecule has 2 N–H and O–H groups in total. The number of halogens is 1. The van der Waals surface area contributed by atoms with Gasteiger partial charge in [0.1, 0.15) is 11.4 Å². The van der Waals surface area contributed by atoms with Crippen LogP contribution in [0, 0.1) is 18.3 Å². The number of nitrogens with one attached hydrogen (secondary N) is 2. The zero-order valence-electron chi connectivity index (χ0n) is 25.1. The summed E-state index contributed by atoms with van der Waals surface area (Å²) in [5, 5.41) is 17.0. The first-order valence-electron chi connectivity index (χ1n) is 14.8. The first-order valence-corrected chi connectivity index (χ1v) is 15.2. The van der Waals surface area contributed by atoms with Crippen molar-refractivity contribution in [1.82, 2.24) is 30.8 Å². The number of carbonyl (C=O) groups excluding carboxylic acids is 2. The van der Waals surface area contributed by atoms with Crippen molar-refractivity contribution >= 4 is 29.1 Å². The molecule has 1 aliphatic heterocycles. The molecular formula is C32H40ClN7O2. The zero-order valence-corrected chi connectivity index (χ0v) is 25.8. The third-order valence-electron chi connectivity index (χ3n) is 8.74. The van der Waals surface area contributed by atoms with Crippen molar-refractivity contribution in [3.05, 3.63) is 75.6 Å². The number of aromatic amines is 1. The summed E-state index contributed by atoms with van der Waals surface area (Å²) in [6, 6.07) is 13.1. The molecule has 42 heavy (non-hydrogen) atoms. The van der Waals surface area contributed by atoms with Gasteiger partial charge in [-0.2, -0.15) is 5.21 Å². The second-order valence-corrected chi connectivity index (χ2v) is 13.1. The van der Waals surface area contributed by atoms with Gasteiger partial charge in [-0.3, -0.25) is 14.6 Å². The van der Waals surface area contributed by atoms with Gasteiger partial charge in [-0.1, -0.05) is 63.1 Å². The largest absolute Gasteiger partial charge is 0.345 e. The van der Waals surface area contributed by atoms with Crippen molar-refractivity contribution in [3.63, 3.8) is 0 Å². The summed E-state index contributed by atoms with van der Waals surface area (Å²) in [5.74, 6) is 0.705. The SMILES string of the molecule is CCC[C@H](c1ccc(C(=O)NCc2nn[nH]n2)cc1)N1C(=O)C(c2cc(C)cc(Cl)c2)=NC12CCC(C(C)(C)C)CC2. The summed E-state index contributed by atoms with van der Waals surface area (Å²) in [6.07, 6.45) is 5.35. The topological polar surface area (TPSA) is 116 Å². The maximum absolute atomic E-state index is 14.4. The fraction of sp³-hybridized carbons (Fsp3) is 0.500. The predicted octanol–water partition coefficient (Wildman–Crippen LogP) is 6.20. The summed E-state index contributed by atoms with van der Waals surface area (Å²) in [6.45, 7) is 11.2. The molecule has 2 aromatic carbocycles. The number of aliphatic imine (C=N–C) groups is 1. The highest BCUT2D eigenvalue weighted by Crippen LogP contribution is 2.50. The molecule has 1 aliphatic carbocycles. The molecule has 5 rings (SSSR count). The molecule has 1 atom stereocenters. The number of hydrogen-bond acceptors (Lipinski definition) is 6. The van der Waals surface area contributed by atoms with Crippen molar-refractivity contribution in [2.45, 2.75) is 91.4 Å². The maximum atomic E-state index is 14.4. The number of H-pyrrole nitrogens is 1. The fourth-order valence-electron chi connectivity index (χ4n) is 6.50. The summed E-state index contributed by atoms with van der Waals surface area (Å²) in [7, 11) is 0. The summed E-state index contributed by atoms with van der Waals surface area (Å²) >= 11 is 6.43. The van der Waals surface area contributed by atoms with E-state index in [2.05, 4.69) is 58.5 Å². The van der Waals surface area contributed by atoms with Gasteiger partial charge in [0.15, 0.2) is 5.82 Å². The van der Waals surface area contributed by atoms with Crippen LogP contribution in [-0.4, -0.2) is 48.7 Å². The molecule has 3 aromatic rings. The minimum atomic E-state index is -0.606. The molecule has 2 aliphatic rings. The Hall–Kier alpha value is -3.59. The van der Waals surface area contributed by atoms with Crippen LogP contribution in [0.4, 0.5) is 0 Å². The molecular weight excluding hydrogens is 550 g/mol. The van der Waals surface area contributed by atoms with Gasteiger partial charge in [0, 0.05) is 16.1 Å². The Labute approximate surface area is 252 Å². The number of hydrogen-bond donors (Lipinski definition) is 2. The first-order chi connectivity index (χ1) is 20.0. The summed E-state index contributed by atoms with van der Waals surface area (Å²) < 4.78 is 0. The minimum Gasteiger partial charge on any atom is -0.345 e. The van der Waals surface area contributed by atoms with Crippen molar-refractivity contribution in [1.29, 1.82) is 0 Å². The van der Waals surface area contributed by atoms with Gasteiger partial charge in [-0.25, -0.2) is 0 Å². The minimum absolute atomic E-state index is 0.0498. The van der Waals surface area contributed by atoms with Crippen LogP contribution in [-0.2, 0) is 11.3 Å². The Kier molecular flexibility index (Phi) is 8.51. The monoisotopic (exact) mass is 589 g/mol. The van der Waals surface area contributed by atoms with Gasteiger partial charge in [-0.05, 0) is 91.8 Å². The molecule has 1 aromatic heterocycles. The molecule has 1 saturated carbocycles. The number of aromatic nitrogens is 4. The first kappa shape index (κ1) is 29.9. The van der Waals surface area contributed by atoms with Crippen LogP contribution in [0.15, 0.2) is 47.5 Å². The van der Waals surface area contributed by atoms with Crippen LogP contribution in [0.25, 0.3) is 0 Å². The molecule has 0 bridgehead atoms. The van der Waals surface area contributed by atoms with Gasteiger partial charge < -0.3 is 10.2 Å². The van der Waals surface area contributed by atoms with E-state index in [-0.39, 0.29) is 29.8 Å². The highest BCUT2D eigenvalue weighted by Gasteiger charge is 2.52. The van der Waals surface area contributed by atoms with Gasteiger partial charge >= 0.3 is 0 Å². The van der Waals surface area contributed by atoms with E-state index in [4.69, 9.17) is 16.6 Å². The van der Waals surface area contributed by atoms with E-state index in [1.165, 1.54) is 0 Å². The molecule has 0 unspecified atom stereocenters. The Bertz CT molecular complexity index is 1430. The number of rotatable bonds is 8. The van der Waals surface area contributed by atoms with Gasteiger partial charge in [0.2, 0.25) is 0 Å². The van der Waals surface area contributed by atoms with Gasteiger partial charge in [0.05, 0.1) is 12.6 Å². The van der Waals surface area contributed by atoms with Crippen molar-refractivity contribution < 1.29 is 9.59 Å². The molecule has 10 heteroatoms. The molecule has 0 saturated heterocycles. The molecule has 1 spiro atoms. The lowest BCUT2D eigenvalue weighted by Crippen LogP contribution is -2.51. The normalized spacial score (nSPS) is 21.5. The standard InChI is InChI=1S/C32H40ClN7O2/c1-6-7-26(21-8-10-22(11-9-21)29(41)34-19-27-36-38-39-37-27)40-30(42)28(23-16-20(2)17-25(33)18-23)35-32(40)14-12-24(13-15-32)31(3,4)5/h8-11,16-18,24,26H,6-7,12-15,19H2,1-5H3,(H,34,41)(H,36,37,38,39)/t24?,26-,32?/m1/s1. The van der Waals surface area contributed by atoms with E-state index < -0.39 is 5.66 Å². The zero-order chi connectivity index (χ0) is 30.1. The van der Waals surface area contributed by atoms with Crippen LogP contribution >= 0.6 is 11.6 Å². The smallest absolute Gasteiger partial charge is 0.275 e. The lowest BCUT2D eigenvalue weighted by atomic mass is 9.69. The summed E-state index contributed by atoms with van der Waals surface area (Å²) in [5.41, 5.74) is 3.38. The number of aryl methyl sites for hydroxylation is 1. The lowest BCUT2D eigenvalue weighted by Gasteiger charge is -2.47. The second kappa shape index (κ2) is 12.0. The quantitative estimate of drug-likeness (QED) is 0.325. The fourth-order valence-corrected chi connectivity index (χ4v) is 6.79. The summed E-state index contributed by atoms with van der Waals surface area (Å²) in [4.78, 5) is 34.5. The van der Waals surface area contributed by atoms with E-state index in [1.54, 1.807) is 0 Å². The molecule has 2 heterocycles. The van der Waals surface area contributed by atoms with E-state index in [0.717, 1.165) is 55.2 Å². The van der Waals surface area contributed by atoms with Crippen LogP contribution < -0.4 is 5.32 Å².